The van der Waals surface area contributed by atoms with E-state index in [-0.39, 0.29) is 30.7 Å². The minimum absolute atomic E-state index is 0.0296. The zero-order valence-electron chi connectivity index (χ0n) is 13.9. The predicted molar refractivity (Wildman–Crippen MR) is 87.6 cm³/mol. The third kappa shape index (κ3) is 4.72. The minimum atomic E-state index is -2.57. The van der Waals surface area contributed by atoms with Crippen molar-refractivity contribution in [3.05, 3.63) is 30.1 Å². The summed E-state index contributed by atoms with van der Waals surface area (Å²) >= 11 is 0. The van der Waals surface area contributed by atoms with Crippen LogP contribution in [0.3, 0.4) is 0 Å². The fraction of sp³-hybridized carbons (Fsp3) is 0.667. The maximum absolute atomic E-state index is 13.2. The molecule has 1 saturated carbocycles. The molecule has 2 heterocycles. The lowest BCUT2D eigenvalue weighted by Gasteiger charge is -2.34. The fourth-order valence-electron chi connectivity index (χ4n) is 3.60. The van der Waals surface area contributed by atoms with Gasteiger partial charge in [-0.1, -0.05) is 0 Å². The van der Waals surface area contributed by atoms with E-state index in [1.807, 2.05) is 12.1 Å². The first kappa shape index (κ1) is 17.3. The van der Waals surface area contributed by atoms with Crippen molar-refractivity contribution in [1.82, 2.24) is 15.2 Å². The molecule has 0 bridgehead atoms. The van der Waals surface area contributed by atoms with E-state index in [4.69, 9.17) is 0 Å². The zero-order chi connectivity index (χ0) is 17.0. The van der Waals surface area contributed by atoms with Crippen LogP contribution < -0.4 is 5.32 Å². The second kappa shape index (κ2) is 7.55. The molecule has 6 heteroatoms. The Kier molecular flexibility index (Phi) is 5.43. The number of aromatic nitrogens is 1. The van der Waals surface area contributed by atoms with E-state index < -0.39 is 5.92 Å². The van der Waals surface area contributed by atoms with Crippen LogP contribution in [0.5, 0.6) is 0 Å². The molecule has 1 aliphatic heterocycles. The van der Waals surface area contributed by atoms with Crippen molar-refractivity contribution in [3.8, 4) is 0 Å². The molecule has 1 aromatic rings. The maximum atomic E-state index is 13.2. The number of likely N-dealkylation sites (tertiary alicyclic amines) is 1. The summed E-state index contributed by atoms with van der Waals surface area (Å²) in [6.45, 7) is 2.78. The maximum Gasteiger partial charge on any atom is 0.248 e. The van der Waals surface area contributed by atoms with E-state index in [9.17, 15) is 13.6 Å². The molecule has 4 nitrogen and oxygen atoms in total. The van der Waals surface area contributed by atoms with E-state index in [1.54, 1.807) is 12.4 Å². The molecule has 0 unspecified atom stereocenters. The van der Waals surface area contributed by atoms with Gasteiger partial charge in [-0.15, -0.1) is 0 Å². The summed E-state index contributed by atoms with van der Waals surface area (Å²) < 4.78 is 26.4. The van der Waals surface area contributed by atoms with Gasteiger partial charge in [0, 0.05) is 56.8 Å². The molecule has 3 rings (SSSR count). The summed E-state index contributed by atoms with van der Waals surface area (Å²) in [5, 5.41) is 3.08. The molecule has 0 spiro atoms. The molecule has 1 aromatic heterocycles. The summed E-state index contributed by atoms with van der Waals surface area (Å²) in [6, 6.07) is 4.22. The van der Waals surface area contributed by atoms with Crippen LogP contribution in [-0.2, 0) is 11.3 Å². The highest BCUT2D eigenvalue weighted by atomic mass is 19.3. The number of hydrogen-bond acceptors (Lipinski definition) is 3. The Morgan fingerprint density at radius 3 is 2.42 bits per heavy atom. The molecular formula is C18H25F2N3O. The number of piperidine rings is 1. The molecule has 1 amide bonds. The van der Waals surface area contributed by atoms with Crippen molar-refractivity contribution in [2.75, 3.05) is 13.1 Å². The lowest BCUT2D eigenvalue weighted by atomic mass is 9.86. The van der Waals surface area contributed by atoms with Crippen LogP contribution in [-0.4, -0.2) is 40.8 Å². The van der Waals surface area contributed by atoms with Crippen molar-refractivity contribution in [2.24, 2.45) is 5.92 Å². The van der Waals surface area contributed by atoms with E-state index >= 15 is 0 Å². The van der Waals surface area contributed by atoms with Crippen LogP contribution in [0.25, 0.3) is 0 Å². The van der Waals surface area contributed by atoms with Crippen LogP contribution in [0.2, 0.25) is 0 Å². The standard InChI is InChI=1S/C18H25F2N3O/c19-18(20)7-1-15(2-8-18)17(24)22-16-5-11-23(12-6-16)13-14-3-9-21-10-4-14/h3-4,9-10,15-16H,1-2,5-8,11-13H2,(H,22,24). The van der Waals surface area contributed by atoms with Gasteiger partial charge in [-0.05, 0) is 43.4 Å². The normalized spacial score (nSPS) is 23.1. The molecular weight excluding hydrogens is 312 g/mol. The average molecular weight is 337 g/mol. The third-order valence-corrected chi connectivity index (χ3v) is 5.18. The summed E-state index contributed by atoms with van der Waals surface area (Å²) in [6.07, 6.45) is 5.73. The summed E-state index contributed by atoms with van der Waals surface area (Å²) in [5.41, 5.74) is 1.25. The van der Waals surface area contributed by atoms with E-state index in [1.165, 1.54) is 5.56 Å². The first-order valence-electron chi connectivity index (χ1n) is 8.81. The Bertz CT molecular complexity index is 534. The lowest BCUT2D eigenvalue weighted by Crippen LogP contribution is -2.46. The molecule has 0 aromatic carbocycles. The predicted octanol–water partition coefficient (Wildman–Crippen LogP) is 2.99. The van der Waals surface area contributed by atoms with Crippen LogP contribution in [0.1, 0.15) is 44.1 Å². The first-order valence-corrected chi connectivity index (χ1v) is 8.81. The summed E-state index contributed by atoms with van der Waals surface area (Å²) in [7, 11) is 0. The number of pyridine rings is 1. The smallest absolute Gasteiger partial charge is 0.248 e. The van der Waals surface area contributed by atoms with Crippen LogP contribution in [0.4, 0.5) is 8.78 Å². The first-order chi connectivity index (χ1) is 11.5. The molecule has 24 heavy (non-hydrogen) atoms. The summed E-state index contributed by atoms with van der Waals surface area (Å²) in [5.74, 6) is -2.84. The third-order valence-electron chi connectivity index (χ3n) is 5.18. The zero-order valence-corrected chi connectivity index (χ0v) is 13.9. The van der Waals surface area contributed by atoms with Gasteiger partial charge < -0.3 is 5.32 Å². The second-order valence-electron chi connectivity index (χ2n) is 7.04. The number of nitrogens with one attached hydrogen (secondary N) is 1. The SMILES string of the molecule is O=C(NC1CCN(Cc2ccncc2)CC1)C1CCC(F)(F)CC1. The van der Waals surface area contributed by atoms with Gasteiger partial charge in [-0.2, -0.15) is 0 Å². The lowest BCUT2D eigenvalue weighted by molar-refractivity contribution is -0.130. The largest absolute Gasteiger partial charge is 0.353 e. The minimum Gasteiger partial charge on any atom is -0.353 e. The van der Waals surface area contributed by atoms with Crippen LogP contribution >= 0.6 is 0 Å². The molecule has 0 radical (unpaired) electrons. The Labute approximate surface area is 141 Å². The number of nitrogens with zero attached hydrogens (tertiary/aromatic N) is 2. The van der Waals surface area contributed by atoms with Crippen molar-refractivity contribution < 1.29 is 13.6 Å². The molecule has 0 atom stereocenters. The van der Waals surface area contributed by atoms with E-state index in [2.05, 4.69) is 15.2 Å². The Morgan fingerprint density at radius 2 is 1.79 bits per heavy atom. The molecule has 1 saturated heterocycles. The number of alkyl halides is 2. The number of carbonyl (C=O) groups is 1. The highest BCUT2D eigenvalue weighted by Gasteiger charge is 2.37. The Balaban J connectivity index is 1.40. The number of carbonyl (C=O) groups excluding carboxylic acids is 1. The molecule has 1 N–H and O–H groups in total. The topological polar surface area (TPSA) is 45.2 Å². The number of halogens is 2. The number of amides is 1. The van der Waals surface area contributed by atoms with Gasteiger partial charge in [-0.3, -0.25) is 14.7 Å². The quantitative estimate of drug-likeness (QED) is 0.919. The van der Waals surface area contributed by atoms with E-state index in [0.717, 1.165) is 32.5 Å². The number of hydrogen-bond donors (Lipinski definition) is 1. The Morgan fingerprint density at radius 1 is 1.17 bits per heavy atom. The van der Waals surface area contributed by atoms with Crippen molar-refractivity contribution in [2.45, 2.75) is 57.0 Å². The molecule has 1 aliphatic carbocycles. The Hall–Kier alpha value is -1.56. The van der Waals surface area contributed by atoms with Gasteiger partial charge in [0.15, 0.2) is 0 Å². The van der Waals surface area contributed by atoms with Gasteiger partial charge in [0.25, 0.3) is 0 Å². The van der Waals surface area contributed by atoms with Crippen molar-refractivity contribution >= 4 is 5.91 Å². The molecule has 2 aliphatic rings. The van der Waals surface area contributed by atoms with Gasteiger partial charge in [0.05, 0.1) is 0 Å². The fourth-order valence-corrected chi connectivity index (χ4v) is 3.60. The van der Waals surface area contributed by atoms with E-state index in [0.29, 0.717) is 12.8 Å². The molecule has 2 fully saturated rings. The van der Waals surface area contributed by atoms with Crippen molar-refractivity contribution in [1.29, 1.82) is 0 Å². The average Bonchev–Trinajstić information content (AvgIpc) is 2.57. The van der Waals surface area contributed by atoms with Crippen LogP contribution in [0.15, 0.2) is 24.5 Å². The van der Waals surface area contributed by atoms with Gasteiger partial charge in [0.1, 0.15) is 0 Å². The summed E-state index contributed by atoms with van der Waals surface area (Å²) in [4.78, 5) is 18.7. The van der Waals surface area contributed by atoms with Gasteiger partial charge >= 0.3 is 0 Å². The number of rotatable bonds is 4. The van der Waals surface area contributed by atoms with Gasteiger partial charge in [-0.25, -0.2) is 8.78 Å². The van der Waals surface area contributed by atoms with Crippen LogP contribution in [0, 0.1) is 5.92 Å². The van der Waals surface area contributed by atoms with Crippen molar-refractivity contribution in [3.63, 3.8) is 0 Å². The monoisotopic (exact) mass is 337 g/mol. The molecule has 132 valence electrons. The highest BCUT2D eigenvalue weighted by Crippen LogP contribution is 2.36. The second-order valence-corrected chi connectivity index (χ2v) is 7.04. The highest BCUT2D eigenvalue weighted by molar-refractivity contribution is 5.79. The van der Waals surface area contributed by atoms with Gasteiger partial charge in [0.2, 0.25) is 11.8 Å².